The molecule has 17 heavy (non-hydrogen) atoms. The summed E-state index contributed by atoms with van der Waals surface area (Å²) in [6.45, 7) is 12.9. The molecule has 1 saturated heterocycles. The van der Waals surface area contributed by atoms with Gasteiger partial charge in [-0.3, -0.25) is 4.79 Å². The van der Waals surface area contributed by atoms with Gasteiger partial charge in [-0.1, -0.05) is 27.7 Å². The van der Waals surface area contributed by atoms with Gasteiger partial charge in [-0.2, -0.15) is 0 Å². The van der Waals surface area contributed by atoms with E-state index in [2.05, 4.69) is 24.1 Å². The Bertz CT molecular complexity index is 240. The number of amides is 1. The third-order valence-corrected chi connectivity index (χ3v) is 3.98. The highest BCUT2D eigenvalue weighted by atomic mass is 16.1. The molecule has 0 aromatic carbocycles. The van der Waals surface area contributed by atoms with Gasteiger partial charge in [0.1, 0.15) is 0 Å². The van der Waals surface area contributed by atoms with Crippen LogP contribution in [-0.4, -0.2) is 37.0 Å². The van der Waals surface area contributed by atoms with Crippen LogP contribution in [0.25, 0.3) is 0 Å². The second-order valence-electron chi connectivity index (χ2n) is 5.65. The van der Waals surface area contributed by atoms with Crippen LogP contribution in [0, 0.1) is 17.8 Å². The monoisotopic (exact) mass is 240 g/mol. The molecule has 0 spiro atoms. The van der Waals surface area contributed by atoms with Crippen molar-refractivity contribution in [2.24, 2.45) is 17.8 Å². The van der Waals surface area contributed by atoms with Crippen molar-refractivity contribution in [3.05, 3.63) is 0 Å². The van der Waals surface area contributed by atoms with Crippen LogP contribution in [0.2, 0.25) is 0 Å². The van der Waals surface area contributed by atoms with Crippen LogP contribution in [0.1, 0.15) is 40.5 Å². The van der Waals surface area contributed by atoms with Crippen molar-refractivity contribution in [1.82, 2.24) is 10.2 Å². The van der Waals surface area contributed by atoms with Crippen LogP contribution in [-0.2, 0) is 4.79 Å². The molecule has 0 aromatic rings. The summed E-state index contributed by atoms with van der Waals surface area (Å²) in [5.41, 5.74) is 0. The Labute approximate surface area is 106 Å². The second-order valence-corrected chi connectivity index (χ2v) is 5.65. The molecule has 1 N–H and O–H groups in total. The van der Waals surface area contributed by atoms with Crippen LogP contribution in [0.3, 0.4) is 0 Å². The number of carbonyl (C=O) groups is 1. The summed E-state index contributed by atoms with van der Waals surface area (Å²) in [5, 5.41) is 3.03. The first-order valence-corrected chi connectivity index (χ1v) is 7.04. The highest BCUT2D eigenvalue weighted by molar-refractivity contribution is 5.77. The van der Waals surface area contributed by atoms with Crippen molar-refractivity contribution in [3.8, 4) is 0 Å². The fraction of sp³-hybridized carbons (Fsp3) is 0.929. The third-order valence-electron chi connectivity index (χ3n) is 3.98. The minimum Gasteiger partial charge on any atom is -0.356 e. The minimum atomic E-state index is 0.103. The Kier molecular flexibility index (Phi) is 5.96. The van der Waals surface area contributed by atoms with Gasteiger partial charge in [0.2, 0.25) is 5.91 Å². The lowest BCUT2D eigenvalue weighted by Crippen LogP contribution is -2.41. The number of piperidine rings is 1. The van der Waals surface area contributed by atoms with E-state index in [1.807, 2.05) is 13.8 Å². The molecule has 3 nitrogen and oxygen atoms in total. The van der Waals surface area contributed by atoms with Gasteiger partial charge in [0.15, 0.2) is 0 Å². The summed E-state index contributed by atoms with van der Waals surface area (Å²) < 4.78 is 0. The van der Waals surface area contributed by atoms with Gasteiger partial charge >= 0.3 is 0 Å². The SMILES string of the molecule is CCN1CC[C@H](C)[C@@H](CCNC(=O)C(C)C)C1. The Morgan fingerprint density at radius 1 is 1.47 bits per heavy atom. The summed E-state index contributed by atoms with van der Waals surface area (Å²) in [6.07, 6.45) is 2.42. The zero-order valence-corrected chi connectivity index (χ0v) is 11.8. The fourth-order valence-corrected chi connectivity index (χ4v) is 2.47. The quantitative estimate of drug-likeness (QED) is 0.798. The Hall–Kier alpha value is -0.570. The van der Waals surface area contributed by atoms with E-state index in [0.717, 1.165) is 31.3 Å². The zero-order chi connectivity index (χ0) is 12.8. The van der Waals surface area contributed by atoms with Crippen LogP contribution in [0.5, 0.6) is 0 Å². The lowest BCUT2D eigenvalue weighted by atomic mass is 9.84. The number of carbonyl (C=O) groups excluding carboxylic acids is 1. The molecule has 0 saturated carbocycles. The highest BCUT2D eigenvalue weighted by Crippen LogP contribution is 2.25. The van der Waals surface area contributed by atoms with Crippen LogP contribution >= 0.6 is 0 Å². The van der Waals surface area contributed by atoms with E-state index in [0.29, 0.717) is 0 Å². The molecule has 0 unspecified atom stereocenters. The third kappa shape index (κ3) is 4.66. The van der Waals surface area contributed by atoms with Crippen molar-refractivity contribution in [3.63, 3.8) is 0 Å². The van der Waals surface area contributed by atoms with E-state index in [9.17, 15) is 4.79 Å². The van der Waals surface area contributed by atoms with Crippen molar-refractivity contribution in [1.29, 1.82) is 0 Å². The van der Waals surface area contributed by atoms with E-state index in [1.165, 1.54) is 19.5 Å². The molecule has 0 aromatic heterocycles. The molecule has 1 heterocycles. The number of hydrogen-bond donors (Lipinski definition) is 1. The lowest BCUT2D eigenvalue weighted by molar-refractivity contribution is -0.124. The van der Waals surface area contributed by atoms with Gasteiger partial charge < -0.3 is 10.2 Å². The zero-order valence-electron chi connectivity index (χ0n) is 11.8. The standard InChI is InChI=1S/C14H28N2O/c1-5-16-9-7-12(4)13(10-16)6-8-15-14(17)11(2)3/h11-13H,5-10H2,1-4H3,(H,15,17)/t12-,13-/m0/s1. The Balaban J connectivity index is 2.27. The lowest BCUT2D eigenvalue weighted by Gasteiger charge is -2.36. The smallest absolute Gasteiger partial charge is 0.222 e. The Morgan fingerprint density at radius 3 is 2.76 bits per heavy atom. The van der Waals surface area contributed by atoms with Crippen LogP contribution < -0.4 is 5.32 Å². The summed E-state index contributed by atoms with van der Waals surface area (Å²) in [4.78, 5) is 14.0. The summed E-state index contributed by atoms with van der Waals surface area (Å²) in [7, 11) is 0. The van der Waals surface area contributed by atoms with Gasteiger partial charge in [0.25, 0.3) is 0 Å². The van der Waals surface area contributed by atoms with E-state index in [1.54, 1.807) is 0 Å². The van der Waals surface area contributed by atoms with E-state index in [4.69, 9.17) is 0 Å². The van der Waals surface area contributed by atoms with Gasteiger partial charge in [-0.25, -0.2) is 0 Å². The van der Waals surface area contributed by atoms with E-state index in [-0.39, 0.29) is 11.8 Å². The molecule has 3 heteroatoms. The second kappa shape index (κ2) is 7.00. The first-order chi connectivity index (χ1) is 8.04. The molecule has 2 atom stereocenters. The number of hydrogen-bond acceptors (Lipinski definition) is 2. The topological polar surface area (TPSA) is 32.3 Å². The molecule has 1 fully saturated rings. The number of nitrogens with one attached hydrogen (secondary N) is 1. The minimum absolute atomic E-state index is 0.103. The number of likely N-dealkylation sites (tertiary alicyclic amines) is 1. The molecule has 0 radical (unpaired) electrons. The molecule has 1 amide bonds. The molecule has 0 bridgehead atoms. The van der Waals surface area contributed by atoms with Gasteiger partial charge in [-0.05, 0) is 37.8 Å². The molecule has 1 aliphatic heterocycles. The summed E-state index contributed by atoms with van der Waals surface area (Å²) in [6, 6.07) is 0. The molecule has 0 aliphatic carbocycles. The average molecular weight is 240 g/mol. The number of nitrogens with zero attached hydrogens (tertiary/aromatic N) is 1. The molecule has 100 valence electrons. The highest BCUT2D eigenvalue weighted by Gasteiger charge is 2.24. The summed E-state index contributed by atoms with van der Waals surface area (Å²) in [5.74, 6) is 1.83. The van der Waals surface area contributed by atoms with E-state index < -0.39 is 0 Å². The molecule has 1 aliphatic rings. The van der Waals surface area contributed by atoms with Gasteiger partial charge in [0, 0.05) is 19.0 Å². The predicted octanol–water partition coefficient (Wildman–Crippen LogP) is 2.13. The average Bonchev–Trinajstić information content (AvgIpc) is 2.31. The first-order valence-electron chi connectivity index (χ1n) is 7.04. The molecular formula is C14H28N2O. The maximum atomic E-state index is 11.5. The van der Waals surface area contributed by atoms with Gasteiger partial charge in [0.05, 0.1) is 0 Å². The molecular weight excluding hydrogens is 212 g/mol. The normalized spacial score (nSPS) is 26.2. The van der Waals surface area contributed by atoms with Crippen molar-refractivity contribution in [2.75, 3.05) is 26.2 Å². The Morgan fingerprint density at radius 2 is 2.18 bits per heavy atom. The number of rotatable bonds is 5. The predicted molar refractivity (Wildman–Crippen MR) is 71.8 cm³/mol. The van der Waals surface area contributed by atoms with Crippen LogP contribution in [0.4, 0.5) is 0 Å². The van der Waals surface area contributed by atoms with Crippen molar-refractivity contribution < 1.29 is 4.79 Å². The summed E-state index contributed by atoms with van der Waals surface area (Å²) >= 11 is 0. The van der Waals surface area contributed by atoms with Gasteiger partial charge in [-0.15, -0.1) is 0 Å². The molecule has 1 rings (SSSR count). The fourth-order valence-electron chi connectivity index (χ4n) is 2.47. The maximum Gasteiger partial charge on any atom is 0.222 e. The van der Waals surface area contributed by atoms with E-state index >= 15 is 0 Å². The van der Waals surface area contributed by atoms with Crippen LogP contribution in [0.15, 0.2) is 0 Å². The first kappa shape index (κ1) is 14.5. The van der Waals surface area contributed by atoms with Crippen molar-refractivity contribution in [2.45, 2.75) is 40.5 Å². The van der Waals surface area contributed by atoms with Crippen molar-refractivity contribution >= 4 is 5.91 Å². The largest absolute Gasteiger partial charge is 0.356 e. The maximum absolute atomic E-state index is 11.5.